The molecule has 1 N–H and O–H groups in total. The van der Waals surface area contributed by atoms with E-state index in [4.69, 9.17) is 0 Å². The molecule has 0 spiro atoms. The van der Waals surface area contributed by atoms with Crippen LogP contribution in [0, 0.1) is 13.8 Å². The Labute approximate surface area is 101 Å². The van der Waals surface area contributed by atoms with Gasteiger partial charge >= 0.3 is 0 Å². The molecular formula is C13H19BrO. The molecule has 0 heterocycles. The molecule has 1 aromatic rings. The molecule has 1 nitrogen and oxygen atoms in total. The van der Waals surface area contributed by atoms with Crippen molar-refractivity contribution in [2.75, 3.05) is 0 Å². The molecule has 0 bridgehead atoms. The van der Waals surface area contributed by atoms with Gasteiger partial charge in [-0.1, -0.05) is 28.9 Å². The fourth-order valence-corrected chi connectivity index (χ4v) is 2.18. The van der Waals surface area contributed by atoms with Crippen molar-refractivity contribution in [1.29, 1.82) is 0 Å². The van der Waals surface area contributed by atoms with Gasteiger partial charge in [-0.2, -0.15) is 0 Å². The van der Waals surface area contributed by atoms with Crippen LogP contribution >= 0.6 is 15.9 Å². The Kier molecular flexibility index (Phi) is 4.65. The van der Waals surface area contributed by atoms with Gasteiger partial charge in [0.2, 0.25) is 0 Å². The van der Waals surface area contributed by atoms with Crippen molar-refractivity contribution < 1.29 is 5.11 Å². The Hall–Kier alpha value is -0.500. The molecule has 15 heavy (non-hydrogen) atoms. The van der Waals surface area contributed by atoms with E-state index >= 15 is 0 Å². The van der Waals surface area contributed by atoms with Crippen molar-refractivity contribution >= 4 is 15.9 Å². The lowest BCUT2D eigenvalue weighted by molar-refractivity contribution is 0.465. The molecular weight excluding hydrogens is 252 g/mol. The first-order valence-electron chi connectivity index (χ1n) is 5.44. The Morgan fingerprint density at radius 1 is 1.33 bits per heavy atom. The van der Waals surface area contributed by atoms with Crippen LogP contribution in [0.1, 0.15) is 36.5 Å². The molecule has 1 rings (SSSR count). The summed E-state index contributed by atoms with van der Waals surface area (Å²) in [7, 11) is 0. The van der Waals surface area contributed by atoms with Crippen LogP contribution < -0.4 is 0 Å². The Balaban J connectivity index is 2.68. The first-order chi connectivity index (χ1) is 7.00. The number of halogens is 1. The maximum absolute atomic E-state index is 9.83. The highest BCUT2D eigenvalue weighted by molar-refractivity contribution is 9.09. The average molecular weight is 271 g/mol. The van der Waals surface area contributed by atoms with E-state index in [2.05, 4.69) is 35.8 Å². The van der Waals surface area contributed by atoms with E-state index in [0.717, 1.165) is 30.4 Å². The Morgan fingerprint density at radius 2 is 2.00 bits per heavy atom. The predicted octanol–water partition coefficient (Wildman–Crippen LogP) is 4.12. The standard InChI is InChI=1S/C13H19BrO/c1-9-7-10(2)12(13(15)8-9)6-4-5-11(3)14/h7-8,11,15H,4-6H2,1-3H3. The van der Waals surface area contributed by atoms with E-state index in [-0.39, 0.29) is 0 Å². The lowest BCUT2D eigenvalue weighted by Crippen LogP contribution is -1.96. The molecule has 0 saturated carbocycles. The highest BCUT2D eigenvalue weighted by Crippen LogP contribution is 2.25. The molecule has 0 amide bonds. The van der Waals surface area contributed by atoms with Gasteiger partial charge in [0.15, 0.2) is 0 Å². The van der Waals surface area contributed by atoms with Gasteiger partial charge in [-0.3, -0.25) is 0 Å². The molecule has 84 valence electrons. The molecule has 1 atom stereocenters. The van der Waals surface area contributed by atoms with E-state index in [9.17, 15) is 5.11 Å². The largest absolute Gasteiger partial charge is 0.508 e. The molecule has 0 radical (unpaired) electrons. The minimum Gasteiger partial charge on any atom is -0.508 e. The van der Waals surface area contributed by atoms with Gasteiger partial charge in [0, 0.05) is 4.83 Å². The van der Waals surface area contributed by atoms with Crippen molar-refractivity contribution in [3.63, 3.8) is 0 Å². The van der Waals surface area contributed by atoms with Crippen molar-refractivity contribution in [3.05, 3.63) is 28.8 Å². The molecule has 0 fully saturated rings. The summed E-state index contributed by atoms with van der Waals surface area (Å²) in [5.41, 5.74) is 3.44. The fourth-order valence-electron chi connectivity index (χ4n) is 1.86. The number of aryl methyl sites for hydroxylation is 2. The summed E-state index contributed by atoms with van der Waals surface area (Å²) in [6, 6.07) is 3.98. The second kappa shape index (κ2) is 5.55. The predicted molar refractivity (Wildman–Crippen MR) is 68.9 cm³/mol. The molecule has 0 aromatic heterocycles. The molecule has 2 heteroatoms. The lowest BCUT2D eigenvalue weighted by Gasteiger charge is -2.10. The van der Waals surface area contributed by atoms with Gasteiger partial charge < -0.3 is 5.11 Å². The summed E-state index contributed by atoms with van der Waals surface area (Å²) < 4.78 is 0. The zero-order valence-electron chi connectivity index (χ0n) is 9.68. The summed E-state index contributed by atoms with van der Waals surface area (Å²) in [6.07, 6.45) is 3.23. The molecule has 0 aliphatic carbocycles. The number of phenolic OH excluding ortho intramolecular Hbond substituents is 1. The van der Waals surface area contributed by atoms with Crippen LogP contribution in [0.3, 0.4) is 0 Å². The van der Waals surface area contributed by atoms with Crippen molar-refractivity contribution in [2.45, 2.75) is 44.9 Å². The Morgan fingerprint density at radius 3 is 2.53 bits per heavy atom. The number of hydrogen-bond donors (Lipinski definition) is 1. The summed E-state index contributed by atoms with van der Waals surface area (Å²) in [5.74, 6) is 0.453. The van der Waals surface area contributed by atoms with E-state index in [0.29, 0.717) is 10.6 Å². The van der Waals surface area contributed by atoms with Gasteiger partial charge in [-0.15, -0.1) is 0 Å². The topological polar surface area (TPSA) is 20.2 Å². The minimum atomic E-state index is 0.453. The van der Waals surface area contributed by atoms with Crippen LogP contribution in [0.5, 0.6) is 5.75 Å². The third-order valence-corrected chi connectivity index (χ3v) is 3.08. The normalized spacial score (nSPS) is 12.8. The number of aromatic hydroxyl groups is 1. The van der Waals surface area contributed by atoms with E-state index in [1.807, 2.05) is 13.0 Å². The van der Waals surface area contributed by atoms with Gasteiger partial charge in [0.05, 0.1) is 0 Å². The van der Waals surface area contributed by atoms with Crippen molar-refractivity contribution in [2.24, 2.45) is 0 Å². The highest BCUT2D eigenvalue weighted by atomic mass is 79.9. The number of benzene rings is 1. The second-order valence-electron chi connectivity index (χ2n) is 4.25. The summed E-state index contributed by atoms with van der Waals surface area (Å²) >= 11 is 3.53. The van der Waals surface area contributed by atoms with Crippen LogP contribution in [0.4, 0.5) is 0 Å². The molecule has 0 aliphatic rings. The maximum atomic E-state index is 9.83. The summed E-state index contributed by atoms with van der Waals surface area (Å²) in [6.45, 7) is 6.23. The first kappa shape index (κ1) is 12.6. The quantitative estimate of drug-likeness (QED) is 0.817. The van der Waals surface area contributed by atoms with Crippen molar-refractivity contribution in [1.82, 2.24) is 0 Å². The van der Waals surface area contributed by atoms with Gasteiger partial charge in [0.25, 0.3) is 0 Å². The Bertz CT molecular complexity index is 308. The first-order valence-corrected chi connectivity index (χ1v) is 6.35. The molecule has 1 aromatic carbocycles. The monoisotopic (exact) mass is 270 g/mol. The fraction of sp³-hybridized carbons (Fsp3) is 0.538. The maximum Gasteiger partial charge on any atom is 0.119 e. The van der Waals surface area contributed by atoms with Crippen LogP contribution in [0.25, 0.3) is 0 Å². The summed E-state index contributed by atoms with van der Waals surface area (Å²) in [5, 5.41) is 9.83. The van der Waals surface area contributed by atoms with Gasteiger partial charge in [-0.25, -0.2) is 0 Å². The zero-order chi connectivity index (χ0) is 11.4. The smallest absolute Gasteiger partial charge is 0.119 e. The molecule has 1 unspecified atom stereocenters. The van der Waals surface area contributed by atoms with E-state index in [1.165, 1.54) is 5.56 Å². The highest BCUT2D eigenvalue weighted by Gasteiger charge is 2.06. The van der Waals surface area contributed by atoms with Crippen molar-refractivity contribution in [3.8, 4) is 5.75 Å². The van der Waals surface area contributed by atoms with Crippen LogP contribution in [-0.4, -0.2) is 9.93 Å². The second-order valence-corrected chi connectivity index (χ2v) is 5.82. The third-order valence-electron chi connectivity index (χ3n) is 2.62. The molecule has 0 saturated heterocycles. The molecule has 0 aliphatic heterocycles. The minimum absolute atomic E-state index is 0.453. The lowest BCUT2D eigenvalue weighted by atomic mass is 9.99. The SMILES string of the molecule is Cc1cc(C)c(CCCC(C)Br)c(O)c1. The number of hydrogen-bond acceptors (Lipinski definition) is 1. The van der Waals surface area contributed by atoms with Crippen LogP contribution in [-0.2, 0) is 6.42 Å². The van der Waals surface area contributed by atoms with E-state index in [1.54, 1.807) is 0 Å². The zero-order valence-corrected chi connectivity index (χ0v) is 11.3. The average Bonchev–Trinajstić information content (AvgIpc) is 2.08. The number of rotatable bonds is 4. The van der Waals surface area contributed by atoms with Gasteiger partial charge in [0.1, 0.15) is 5.75 Å². The number of alkyl halides is 1. The number of phenols is 1. The van der Waals surface area contributed by atoms with E-state index < -0.39 is 0 Å². The van der Waals surface area contributed by atoms with Crippen LogP contribution in [0.15, 0.2) is 12.1 Å². The van der Waals surface area contributed by atoms with Crippen LogP contribution in [0.2, 0.25) is 0 Å². The van der Waals surface area contributed by atoms with Gasteiger partial charge in [-0.05, 0) is 55.9 Å². The third kappa shape index (κ3) is 3.86. The summed E-state index contributed by atoms with van der Waals surface area (Å²) in [4.78, 5) is 0.561.